The van der Waals surface area contributed by atoms with E-state index in [1.807, 2.05) is 0 Å². The lowest BCUT2D eigenvalue weighted by Gasteiger charge is -2.26. The van der Waals surface area contributed by atoms with Gasteiger partial charge in [0.05, 0.1) is 23.6 Å². The maximum Gasteiger partial charge on any atom is 0.295 e. The normalized spacial score (nSPS) is 17.4. The highest BCUT2D eigenvalue weighted by Crippen LogP contribution is 2.40. The van der Waals surface area contributed by atoms with Crippen molar-refractivity contribution in [3.63, 3.8) is 0 Å². The number of aliphatic hydroxyl groups excluding tert-OH is 1. The second-order valence-electron chi connectivity index (χ2n) is 7.95. The van der Waals surface area contributed by atoms with E-state index >= 15 is 0 Å². The fourth-order valence-corrected chi connectivity index (χ4v) is 4.14. The molecule has 1 aliphatic heterocycles. The van der Waals surface area contributed by atoms with Gasteiger partial charge in [-0.05, 0) is 68.0 Å². The number of nitro benzene ring substituents is 1. The molecule has 1 atom stereocenters. The average molecular weight is 468 g/mol. The van der Waals surface area contributed by atoms with Crippen LogP contribution in [0.5, 0.6) is 5.75 Å². The number of carbonyl (C=O) groups is 2. The zero-order valence-electron chi connectivity index (χ0n) is 19.6. The molecule has 1 saturated heterocycles. The largest absolute Gasteiger partial charge is 0.507 e. The first-order valence-corrected chi connectivity index (χ1v) is 11.2. The second kappa shape index (κ2) is 10.9. The molecule has 2 aromatic rings. The third kappa shape index (κ3) is 5.09. The fraction of sp³-hybridized carbons (Fsp3) is 0.360. The predicted molar refractivity (Wildman–Crippen MR) is 128 cm³/mol. The van der Waals surface area contributed by atoms with Crippen LogP contribution in [0, 0.1) is 10.1 Å². The number of likely N-dealkylation sites (tertiary alicyclic amines) is 1. The minimum atomic E-state index is -0.848. The Morgan fingerprint density at radius 1 is 1.09 bits per heavy atom. The Bertz CT molecular complexity index is 1070. The number of hydrogen-bond acceptors (Lipinski definition) is 7. The molecule has 1 aliphatic rings. The van der Waals surface area contributed by atoms with E-state index < -0.39 is 22.7 Å². The number of ketones is 1. The van der Waals surface area contributed by atoms with Crippen LogP contribution in [-0.2, 0) is 9.59 Å². The lowest BCUT2D eigenvalue weighted by Crippen LogP contribution is -2.33. The zero-order valence-corrected chi connectivity index (χ0v) is 19.6. The minimum absolute atomic E-state index is 0.0353. The Morgan fingerprint density at radius 2 is 1.71 bits per heavy atom. The van der Waals surface area contributed by atoms with Gasteiger partial charge in [-0.3, -0.25) is 19.7 Å². The highest BCUT2D eigenvalue weighted by Gasteiger charge is 2.45. The van der Waals surface area contributed by atoms with E-state index in [4.69, 9.17) is 4.74 Å². The predicted octanol–water partition coefficient (Wildman–Crippen LogP) is 3.76. The summed E-state index contributed by atoms with van der Waals surface area (Å²) in [6, 6.07) is 11.4. The quantitative estimate of drug-likeness (QED) is 0.186. The molecule has 0 saturated carbocycles. The first kappa shape index (κ1) is 24.9. The van der Waals surface area contributed by atoms with Crippen LogP contribution in [0.25, 0.3) is 5.76 Å². The number of methoxy groups -OCH3 is 1. The smallest absolute Gasteiger partial charge is 0.295 e. The van der Waals surface area contributed by atoms with Crippen molar-refractivity contribution < 1.29 is 24.4 Å². The summed E-state index contributed by atoms with van der Waals surface area (Å²) in [6.45, 7) is 6.92. The molecule has 1 amide bonds. The van der Waals surface area contributed by atoms with Crippen LogP contribution in [0.15, 0.2) is 54.1 Å². The molecule has 0 spiro atoms. The lowest BCUT2D eigenvalue weighted by molar-refractivity contribution is -0.384. The topological polar surface area (TPSA) is 113 Å². The third-order valence-electron chi connectivity index (χ3n) is 6.09. The van der Waals surface area contributed by atoms with Crippen molar-refractivity contribution >= 4 is 23.1 Å². The van der Waals surface area contributed by atoms with Gasteiger partial charge >= 0.3 is 0 Å². The van der Waals surface area contributed by atoms with Crippen LogP contribution in [0.2, 0.25) is 0 Å². The number of ether oxygens (including phenoxy) is 1. The molecule has 0 aromatic heterocycles. The van der Waals surface area contributed by atoms with Crippen molar-refractivity contribution in [2.24, 2.45) is 0 Å². The SMILES string of the molecule is CCN(CC)CCCN1C(=O)C(=O)C(=C(O)c2ccc(OC)cc2)[C@H]1c1ccc([N+](=O)[O-])cc1. The van der Waals surface area contributed by atoms with Crippen molar-refractivity contribution in [1.29, 1.82) is 0 Å². The fourth-order valence-electron chi connectivity index (χ4n) is 4.14. The summed E-state index contributed by atoms with van der Waals surface area (Å²) in [5.74, 6) is -1.19. The molecule has 1 heterocycles. The number of benzene rings is 2. The molecule has 1 N–H and O–H groups in total. The first-order valence-electron chi connectivity index (χ1n) is 11.2. The molecule has 2 aromatic carbocycles. The highest BCUT2D eigenvalue weighted by molar-refractivity contribution is 6.46. The number of rotatable bonds is 10. The van der Waals surface area contributed by atoms with Gasteiger partial charge < -0.3 is 19.6 Å². The summed E-state index contributed by atoms with van der Waals surface area (Å²) < 4.78 is 5.15. The Hall–Kier alpha value is -3.72. The zero-order chi connectivity index (χ0) is 24.8. The lowest BCUT2D eigenvalue weighted by atomic mass is 9.95. The van der Waals surface area contributed by atoms with Gasteiger partial charge in [0.1, 0.15) is 11.5 Å². The van der Waals surface area contributed by atoms with E-state index in [1.165, 1.54) is 36.3 Å². The number of carbonyl (C=O) groups excluding carboxylic acids is 2. The Kier molecular flexibility index (Phi) is 8.01. The summed E-state index contributed by atoms with van der Waals surface area (Å²) in [5, 5.41) is 22.2. The number of aliphatic hydroxyl groups is 1. The summed E-state index contributed by atoms with van der Waals surface area (Å²) in [6.07, 6.45) is 0.640. The van der Waals surface area contributed by atoms with Crippen molar-refractivity contribution in [2.45, 2.75) is 26.3 Å². The van der Waals surface area contributed by atoms with Crippen LogP contribution in [-0.4, -0.2) is 64.8 Å². The molecule has 0 unspecified atom stereocenters. The standard InChI is InChI=1S/C25H29N3O6/c1-4-26(5-2)15-6-16-27-22(17-7-11-19(12-8-17)28(32)33)21(24(30)25(27)31)23(29)18-9-13-20(34-3)14-10-18/h7-14,22,29H,4-6,15-16H2,1-3H3/t22-/m1/s1. The van der Waals surface area contributed by atoms with Crippen molar-refractivity contribution in [3.05, 3.63) is 75.3 Å². The number of amides is 1. The summed E-state index contributed by atoms with van der Waals surface area (Å²) in [7, 11) is 1.52. The van der Waals surface area contributed by atoms with Crippen LogP contribution in [0.3, 0.4) is 0 Å². The Labute approximate surface area is 198 Å². The molecule has 34 heavy (non-hydrogen) atoms. The van der Waals surface area contributed by atoms with E-state index in [9.17, 15) is 24.8 Å². The molecule has 0 radical (unpaired) electrons. The molecular formula is C25H29N3O6. The Morgan fingerprint density at radius 3 is 2.24 bits per heavy atom. The summed E-state index contributed by atoms with van der Waals surface area (Å²) >= 11 is 0. The third-order valence-corrected chi connectivity index (χ3v) is 6.09. The number of nitrogens with zero attached hydrogens (tertiary/aromatic N) is 3. The van der Waals surface area contributed by atoms with Gasteiger partial charge in [0.25, 0.3) is 17.4 Å². The molecule has 9 heteroatoms. The molecule has 1 fully saturated rings. The Balaban J connectivity index is 2.03. The van der Waals surface area contributed by atoms with E-state index in [0.717, 1.165) is 19.6 Å². The van der Waals surface area contributed by atoms with Gasteiger partial charge in [0.2, 0.25) is 0 Å². The monoisotopic (exact) mass is 467 g/mol. The maximum atomic E-state index is 13.1. The molecule has 0 aliphatic carbocycles. The van der Waals surface area contributed by atoms with Crippen molar-refractivity contribution in [3.8, 4) is 5.75 Å². The molecular weight excluding hydrogens is 438 g/mol. The molecule has 180 valence electrons. The highest BCUT2D eigenvalue weighted by atomic mass is 16.6. The van der Waals surface area contributed by atoms with Gasteiger partial charge in [-0.25, -0.2) is 0 Å². The van der Waals surface area contributed by atoms with Crippen LogP contribution < -0.4 is 4.74 Å². The van der Waals surface area contributed by atoms with E-state index in [-0.39, 0.29) is 17.0 Å². The number of non-ortho nitro benzene ring substituents is 1. The van der Waals surface area contributed by atoms with Crippen LogP contribution in [0.1, 0.15) is 37.4 Å². The molecule has 3 rings (SSSR count). The summed E-state index contributed by atoms with van der Waals surface area (Å²) in [4.78, 5) is 40.3. The van der Waals surface area contributed by atoms with Gasteiger partial charge in [0.15, 0.2) is 0 Å². The van der Waals surface area contributed by atoms with Crippen LogP contribution in [0.4, 0.5) is 5.69 Å². The van der Waals surface area contributed by atoms with E-state index in [1.54, 1.807) is 24.3 Å². The van der Waals surface area contributed by atoms with Crippen molar-refractivity contribution in [2.75, 3.05) is 33.3 Å². The second-order valence-corrected chi connectivity index (χ2v) is 7.95. The summed E-state index contributed by atoms with van der Waals surface area (Å²) in [5.41, 5.74) is 0.751. The number of hydrogen-bond donors (Lipinski definition) is 1. The van der Waals surface area contributed by atoms with Gasteiger partial charge in [-0.15, -0.1) is 0 Å². The minimum Gasteiger partial charge on any atom is -0.507 e. The molecule has 0 bridgehead atoms. The van der Waals surface area contributed by atoms with Gasteiger partial charge in [-0.1, -0.05) is 13.8 Å². The van der Waals surface area contributed by atoms with E-state index in [2.05, 4.69) is 18.7 Å². The van der Waals surface area contributed by atoms with Gasteiger partial charge in [0, 0.05) is 24.2 Å². The maximum absolute atomic E-state index is 13.1. The van der Waals surface area contributed by atoms with Gasteiger partial charge in [-0.2, -0.15) is 0 Å². The average Bonchev–Trinajstić information content (AvgIpc) is 3.11. The molecule has 9 nitrogen and oxygen atoms in total. The first-order chi connectivity index (χ1) is 16.3. The number of Topliss-reactive ketones (excluding diaryl/α,β-unsaturated/α-hetero) is 1. The van der Waals surface area contributed by atoms with Crippen LogP contribution >= 0.6 is 0 Å². The van der Waals surface area contributed by atoms with E-state index in [0.29, 0.717) is 29.8 Å². The number of nitro groups is 1. The van der Waals surface area contributed by atoms with Crippen molar-refractivity contribution in [1.82, 2.24) is 9.80 Å².